The zero-order valence-electron chi connectivity index (χ0n) is 9.77. The summed E-state index contributed by atoms with van der Waals surface area (Å²) in [6.07, 6.45) is 0. The van der Waals surface area contributed by atoms with Crippen LogP contribution in [0.25, 0.3) is 0 Å². The smallest absolute Gasteiger partial charge is 0.312 e. The molecular formula is C12H15NO4. The minimum Gasteiger partial charge on any atom is -0.492 e. The van der Waals surface area contributed by atoms with E-state index in [1.165, 1.54) is 6.07 Å². The summed E-state index contributed by atoms with van der Waals surface area (Å²) >= 11 is 0. The molecule has 1 amide bonds. The first kappa shape index (κ1) is 13.0. The quantitative estimate of drug-likeness (QED) is 0.807. The van der Waals surface area contributed by atoms with Gasteiger partial charge in [-0.2, -0.15) is 0 Å². The molecule has 5 heteroatoms. The molecule has 1 aromatic carbocycles. The Kier molecular flexibility index (Phi) is 3.73. The van der Waals surface area contributed by atoms with Gasteiger partial charge in [0, 0.05) is 0 Å². The number of carbonyl (C=O) groups excluding carboxylic acids is 1. The van der Waals surface area contributed by atoms with Crippen LogP contribution in [0.4, 0.5) is 0 Å². The average Bonchev–Trinajstić information content (AvgIpc) is 2.26. The number of primary amides is 1. The number of hydrogen-bond donors (Lipinski definition) is 2. The van der Waals surface area contributed by atoms with E-state index in [2.05, 4.69) is 0 Å². The monoisotopic (exact) mass is 237 g/mol. The van der Waals surface area contributed by atoms with E-state index in [0.29, 0.717) is 5.75 Å². The van der Waals surface area contributed by atoms with Crippen molar-refractivity contribution >= 4 is 11.9 Å². The van der Waals surface area contributed by atoms with Gasteiger partial charge >= 0.3 is 5.97 Å². The van der Waals surface area contributed by atoms with Gasteiger partial charge in [0.25, 0.3) is 5.91 Å². The Balaban J connectivity index is 2.83. The van der Waals surface area contributed by atoms with Crippen molar-refractivity contribution < 1.29 is 19.4 Å². The number of amides is 1. The number of carboxylic acid groups (broad SMARTS) is 1. The SMILES string of the molecule is CC(C)(COc1ccccc1C(N)=O)C(=O)O. The molecule has 3 N–H and O–H groups in total. The molecule has 1 aromatic rings. The topological polar surface area (TPSA) is 89.6 Å². The van der Waals surface area contributed by atoms with Gasteiger partial charge < -0.3 is 15.6 Å². The molecule has 0 aliphatic heterocycles. The normalized spacial score (nSPS) is 10.9. The second-order valence-corrected chi connectivity index (χ2v) is 4.34. The number of carbonyl (C=O) groups is 2. The maximum absolute atomic E-state index is 11.1. The van der Waals surface area contributed by atoms with Crippen LogP contribution in [0, 0.1) is 5.41 Å². The number of hydrogen-bond acceptors (Lipinski definition) is 3. The number of rotatable bonds is 5. The van der Waals surface area contributed by atoms with Gasteiger partial charge in [-0.3, -0.25) is 9.59 Å². The maximum Gasteiger partial charge on any atom is 0.312 e. The second-order valence-electron chi connectivity index (χ2n) is 4.34. The fourth-order valence-corrected chi connectivity index (χ4v) is 1.12. The largest absolute Gasteiger partial charge is 0.492 e. The number of para-hydroxylation sites is 1. The molecule has 0 aliphatic rings. The van der Waals surface area contributed by atoms with Crippen LogP contribution in [-0.2, 0) is 4.79 Å². The molecule has 17 heavy (non-hydrogen) atoms. The Bertz CT molecular complexity index is 440. The van der Waals surface area contributed by atoms with Crippen molar-refractivity contribution in [3.8, 4) is 5.75 Å². The van der Waals surface area contributed by atoms with Gasteiger partial charge in [-0.15, -0.1) is 0 Å². The van der Waals surface area contributed by atoms with E-state index in [4.69, 9.17) is 15.6 Å². The first-order chi connectivity index (χ1) is 7.84. The lowest BCUT2D eigenvalue weighted by Gasteiger charge is -2.20. The van der Waals surface area contributed by atoms with Crippen molar-refractivity contribution in [2.45, 2.75) is 13.8 Å². The molecule has 0 unspecified atom stereocenters. The molecular weight excluding hydrogens is 222 g/mol. The summed E-state index contributed by atoms with van der Waals surface area (Å²) in [7, 11) is 0. The van der Waals surface area contributed by atoms with Crippen LogP contribution in [-0.4, -0.2) is 23.6 Å². The van der Waals surface area contributed by atoms with Crippen LogP contribution in [0.2, 0.25) is 0 Å². The highest BCUT2D eigenvalue weighted by Gasteiger charge is 2.28. The highest BCUT2D eigenvalue weighted by atomic mass is 16.5. The molecule has 0 aliphatic carbocycles. The van der Waals surface area contributed by atoms with Crippen LogP contribution < -0.4 is 10.5 Å². The summed E-state index contributed by atoms with van der Waals surface area (Å²) in [5.74, 6) is -1.27. The molecule has 1 rings (SSSR count). The highest BCUT2D eigenvalue weighted by molar-refractivity contribution is 5.95. The van der Waals surface area contributed by atoms with Gasteiger partial charge in [0.1, 0.15) is 12.4 Å². The third-order valence-corrected chi connectivity index (χ3v) is 2.32. The lowest BCUT2D eigenvalue weighted by Crippen LogP contribution is -2.31. The zero-order chi connectivity index (χ0) is 13.1. The van der Waals surface area contributed by atoms with E-state index < -0.39 is 17.3 Å². The molecule has 0 aromatic heterocycles. The lowest BCUT2D eigenvalue weighted by molar-refractivity contribution is -0.148. The predicted molar refractivity (Wildman–Crippen MR) is 61.9 cm³/mol. The van der Waals surface area contributed by atoms with Gasteiger partial charge in [-0.25, -0.2) is 0 Å². The molecule has 5 nitrogen and oxygen atoms in total. The second kappa shape index (κ2) is 4.86. The summed E-state index contributed by atoms with van der Waals surface area (Å²) in [6.45, 7) is 3.05. The molecule has 0 radical (unpaired) electrons. The predicted octanol–water partition coefficient (Wildman–Crippen LogP) is 1.28. The third-order valence-electron chi connectivity index (χ3n) is 2.32. The van der Waals surface area contributed by atoms with E-state index in [-0.39, 0.29) is 12.2 Å². The number of ether oxygens (including phenoxy) is 1. The van der Waals surface area contributed by atoms with Crippen LogP contribution >= 0.6 is 0 Å². The molecule has 0 fully saturated rings. The van der Waals surface area contributed by atoms with Crippen molar-refractivity contribution in [3.05, 3.63) is 29.8 Å². The molecule has 0 heterocycles. The number of nitrogens with two attached hydrogens (primary N) is 1. The highest BCUT2D eigenvalue weighted by Crippen LogP contribution is 2.22. The molecule has 0 atom stereocenters. The summed E-state index contributed by atoms with van der Waals surface area (Å²) in [4.78, 5) is 22.0. The fraction of sp³-hybridized carbons (Fsp3) is 0.333. The van der Waals surface area contributed by atoms with Crippen molar-refractivity contribution in [1.82, 2.24) is 0 Å². The van der Waals surface area contributed by atoms with Gasteiger partial charge in [-0.1, -0.05) is 12.1 Å². The lowest BCUT2D eigenvalue weighted by atomic mass is 9.95. The number of aliphatic carboxylic acids is 1. The Morgan fingerprint density at radius 1 is 1.35 bits per heavy atom. The summed E-state index contributed by atoms with van der Waals surface area (Å²) < 4.78 is 5.34. The van der Waals surface area contributed by atoms with Crippen molar-refractivity contribution in [2.75, 3.05) is 6.61 Å². The fourth-order valence-electron chi connectivity index (χ4n) is 1.12. The Morgan fingerprint density at radius 3 is 2.47 bits per heavy atom. The first-order valence-electron chi connectivity index (χ1n) is 5.09. The number of benzene rings is 1. The Hall–Kier alpha value is -2.04. The van der Waals surface area contributed by atoms with Crippen LogP contribution in [0.15, 0.2) is 24.3 Å². The molecule has 0 bridgehead atoms. The zero-order valence-corrected chi connectivity index (χ0v) is 9.77. The van der Waals surface area contributed by atoms with Crippen LogP contribution in [0.5, 0.6) is 5.75 Å². The first-order valence-corrected chi connectivity index (χ1v) is 5.09. The summed E-state index contributed by atoms with van der Waals surface area (Å²) in [5, 5.41) is 8.93. The van der Waals surface area contributed by atoms with E-state index in [0.717, 1.165) is 0 Å². The van der Waals surface area contributed by atoms with Gasteiger partial charge in [-0.05, 0) is 26.0 Å². The van der Waals surface area contributed by atoms with Gasteiger partial charge in [0.2, 0.25) is 0 Å². The van der Waals surface area contributed by atoms with Gasteiger partial charge in [0.05, 0.1) is 11.0 Å². The minimum atomic E-state index is -1.02. The standard InChI is InChI=1S/C12H15NO4/c1-12(2,11(15)16)7-17-9-6-4-3-5-8(9)10(13)14/h3-6H,7H2,1-2H3,(H2,13,14)(H,15,16). The van der Waals surface area contributed by atoms with E-state index in [9.17, 15) is 9.59 Å². The van der Waals surface area contributed by atoms with Crippen LogP contribution in [0.1, 0.15) is 24.2 Å². The minimum absolute atomic E-state index is 0.0351. The van der Waals surface area contributed by atoms with E-state index >= 15 is 0 Å². The van der Waals surface area contributed by atoms with E-state index in [1.807, 2.05) is 0 Å². The Labute approximate surface area is 99.2 Å². The van der Waals surface area contributed by atoms with Crippen LogP contribution in [0.3, 0.4) is 0 Å². The summed E-state index contributed by atoms with van der Waals surface area (Å²) in [5.41, 5.74) is 4.40. The molecule has 0 saturated carbocycles. The Morgan fingerprint density at radius 2 is 1.94 bits per heavy atom. The van der Waals surface area contributed by atoms with Crippen molar-refractivity contribution in [3.63, 3.8) is 0 Å². The summed E-state index contributed by atoms with van der Waals surface area (Å²) in [6, 6.07) is 6.47. The van der Waals surface area contributed by atoms with E-state index in [1.54, 1.807) is 32.0 Å². The van der Waals surface area contributed by atoms with Gasteiger partial charge in [0.15, 0.2) is 0 Å². The third kappa shape index (κ3) is 3.21. The average molecular weight is 237 g/mol. The number of carboxylic acids is 1. The van der Waals surface area contributed by atoms with Crippen molar-refractivity contribution in [1.29, 1.82) is 0 Å². The van der Waals surface area contributed by atoms with Crippen molar-refractivity contribution in [2.24, 2.45) is 11.1 Å². The molecule has 92 valence electrons. The molecule has 0 saturated heterocycles. The molecule has 0 spiro atoms. The maximum atomic E-state index is 11.1.